The highest BCUT2D eigenvalue weighted by Crippen LogP contribution is 2.67. The summed E-state index contributed by atoms with van der Waals surface area (Å²) < 4.78 is 0. The van der Waals surface area contributed by atoms with Crippen molar-refractivity contribution in [2.24, 2.45) is 52.3 Å². The summed E-state index contributed by atoms with van der Waals surface area (Å²) in [5.74, 6) is 6.01. The van der Waals surface area contributed by atoms with Crippen LogP contribution in [-0.2, 0) is 4.79 Å². The first-order chi connectivity index (χ1) is 14.2. The first kappa shape index (κ1) is 22.3. The van der Waals surface area contributed by atoms with Crippen molar-refractivity contribution in [3.05, 3.63) is 23.8 Å². The summed E-state index contributed by atoms with van der Waals surface area (Å²) in [4.78, 5) is 12.1. The fraction of sp³-hybridized carbons (Fsp3) is 0.828. The fourth-order valence-electron chi connectivity index (χ4n) is 8.75. The minimum atomic E-state index is 0.313. The molecule has 0 saturated heterocycles. The molecule has 0 bridgehead atoms. The van der Waals surface area contributed by atoms with Gasteiger partial charge in [0.2, 0.25) is 0 Å². The second kappa shape index (κ2) is 8.25. The van der Waals surface area contributed by atoms with Crippen molar-refractivity contribution in [3.8, 4) is 0 Å². The summed E-state index contributed by atoms with van der Waals surface area (Å²) in [5, 5.41) is 0. The number of fused-ring (bicyclic) bond motifs is 5. The SMILES string of the molecule is CC[C@@H](/C=C/[C@@H](C)[C@H]1CC[C@@H]2[C@@H]3CCC4=CC(=O)CC[C@]4(C)[C@H]3CC[C@@]21C)C(C)C. The minimum absolute atomic E-state index is 0.313. The van der Waals surface area contributed by atoms with Crippen LogP contribution in [0.3, 0.4) is 0 Å². The van der Waals surface area contributed by atoms with Gasteiger partial charge in [-0.3, -0.25) is 4.79 Å². The van der Waals surface area contributed by atoms with Crippen molar-refractivity contribution in [2.75, 3.05) is 0 Å². The number of allylic oxidation sites excluding steroid dienone is 3. The molecule has 4 aliphatic rings. The van der Waals surface area contributed by atoms with Crippen LogP contribution in [0.1, 0.15) is 99.3 Å². The fourth-order valence-corrected chi connectivity index (χ4v) is 8.75. The number of hydrogen-bond donors (Lipinski definition) is 0. The topological polar surface area (TPSA) is 17.1 Å². The van der Waals surface area contributed by atoms with E-state index in [2.05, 4.69) is 59.8 Å². The Labute approximate surface area is 186 Å². The van der Waals surface area contributed by atoms with Gasteiger partial charge in [0.15, 0.2) is 5.78 Å². The molecule has 30 heavy (non-hydrogen) atoms. The third-order valence-electron chi connectivity index (χ3n) is 10.7. The Hall–Kier alpha value is -0.850. The second-order valence-electron chi connectivity index (χ2n) is 12.3. The number of carbonyl (C=O) groups is 1. The largest absolute Gasteiger partial charge is 0.295 e. The van der Waals surface area contributed by atoms with E-state index in [1.165, 1.54) is 50.5 Å². The van der Waals surface area contributed by atoms with Crippen molar-refractivity contribution >= 4 is 5.78 Å². The Morgan fingerprint density at radius 2 is 1.77 bits per heavy atom. The lowest BCUT2D eigenvalue weighted by molar-refractivity contribution is -0.117. The molecule has 0 aromatic rings. The normalized spacial score (nSPS) is 43.2. The summed E-state index contributed by atoms with van der Waals surface area (Å²) in [6.07, 6.45) is 18.5. The van der Waals surface area contributed by atoms with Crippen molar-refractivity contribution in [2.45, 2.75) is 99.3 Å². The number of rotatable bonds is 5. The van der Waals surface area contributed by atoms with Gasteiger partial charge in [-0.25, -0.2) is 0 Å². The molecule has 8 atom stereocenters. The molecular weight excluding hydrogens is 364 g/mol. The Bertz CT molecular complexity index is 714. The minimum Gasteiger partial charge on any atom is -0.295 e. The average Bonchev–Trinajstić information content (AvgIpc) is 3.06. The summed E-state index contributed by atoms with van der Waals surface area (Å²) in [5.41, 5.74) is 2.34. The highest BCUT2D eigenvalue weighted by molar-refractivity contribution is 5.91. The standard InChI is InChI=1S/C29H46O/c1-7-21(19(2)3)9-8-20(4)25-12-13-26-24-11-10-22-18-23(30)14-16-28(22,5)27(24)15-17-29(25,26)6/h8-9,18-21,24-27H,7,10-17H2,1-6H3/b9-8+/t20-,21+,24+,25-,26-,27+,28+,29-/m1/s1. The van der Waals surface area contributed by atoms with Crippen molar-refractivity contribution in [1.29, 1.82) is 0 Å². The number of ketones is 1. The molecular formula is C29H46O. The summed E-state index contributed by atoms with van der Waals surface area (Å²) in [6, 6.07) is 0. The van der Waals surface area contributed by atoms with Gasteiger partial charge in [-0.05, 0) is 110 Å². The monoisotopic (exact) mass is 410 g/mol. The second-order valence-corrected chi connectivity index (χ2v) is 12.3. The van der Waals surface area contributed by atoms with E-state index >= 15 is 0 Å². The first-order valence-corrected chi connectivity index (χ1v) is 13.1. The van der Waals surface area contributed by atoms with Gasteiger partial charge in [0.1, 0.15) is 0 Å². The van der Waals surface area contributed by atoms with Gasteiger partial charge in [-0.1, -0.05) is 59.3 Å². The molecule has 0 heterocycles. The van der Waals surface area contributed by atoms with Crippen molar-refractivity contribution < 1.29 is 4.79 Å². The molecule has 168 valence electrons. The Morgan fingerprint density at radius 3 is 2.47 bits per heavy atom. The molecule has 0 radical (unpaired) electrons. The highest BCUT2D eigenvalue weighted by atomic mass is 16.1. The van der Waals surface area contributed by atoms with Crippen molar-refractivity contribution in [3.63, 3.8) is 0 Å². The number of carbonyl (C=O) groups excluding carboxylic acids is 1. The lowest BCUT2D eigenvalue weighted by atomic mass is 9.46. The lowest BCUT2D eigenvalue weighted by Gasteiger charge is -2.58. The van der Waals surface area contributed by atoms with Crippen LogP contribution in [0.4, 0.5) is 0 Å². The molecule has 3 fully saturated rings. The van der Waals surface area contributed by atoms with Crippen LogP contribution in [0.2, 0.25) is 0 Å². The zero-order chi connectivity index (χ0) is 21.7. The van der Waals surface area contributed by atoms with E-state index in [1.807, 2.05) is 0 Å². The predicted octanol–water partition coefficient (Wildman–Crippen LogP) is 8.01. The Kier molecular flexibility index (Phi) is 6.15. The van der Waals surface area contributed by atoms with Gasteiger partial charge < -0.3 is 0 Å². The number of hydrogen-bond acceptors (Lipinski definition) is 1. The first-order valence-electron chi connectivity index (χ1n) is 13.1. The lowest BCUT2D eigenvalue weighted by Crippen LogP contribution is -2.50. The van der Waals surface area contributed by atoms with Crippen LogP contribution in [-0.4, -0.2) is 5.78 Å². The van der Waals surface area contributed by atoms with E-state index in [9.17, 15) is 4.79 Å². The van der Waals surface area contributed by atoms with Gasteiger partial charge in [0, 0.05) is 6.42 Å². The molecule has 0 amide bonds. The third kappa shape index (κ3) is 3.57. The Balaban J connectivity index is 1.52. The van der Waals surface area contributed by atoms with Gasteiger partial charge >= 0.3 is 0 Å². The average molecular weight is 411 g/mol. The Morgan fingerprint density at radius 1 is 1.00 bits per heavy atom. The maximum atomic E-state index is 12.1. The van der Waals surface area contributed by atoms with Gasteiger partial charge in [-0.15, -0.1) is 0 Å². The summed E-state index contributed by atoms with van der Waals surface area (Å²) >= 11 is 0. The maximum absolute atomic E-state index is 12.1. The van der Waals surface area contributed by atoms with Crippen molar-refractivity contribution in [1.82, 2.24) is 0 Å². The van der Waals surface area contributed by atoms with Gasteiger partial charge in [0.05, 0.1) is 0 Å². The third-order valence-corrected chi connectivity index (χ3v) is 10.7. The van der Waals surface area contributed by atoms with E-state index in [-0.39, 0.29) is 0 Å². The smallest absolute Gasteiger partial charge is 0.155 e. The molecule has 0 aromatic carbocycles. The van der Waals surface area contributed by atoms with Crippen LogP contribution in [0, 0.1) is 52.3 Å². The van der Waals surface area contributed by atoms with Crippen LogP contribution in [0.5, 0.6) is 0 Å². The maximum Gasteiger partial charge on any atom is 0.155 e. The molecule has 1 heteroatoms. The molecule has 0 aliphatic heterocycles. The molecule has 0 unspecified atom stereocenters. The van der Waals surface area contributed by atoms with E-state index < -0.39 is 0 Å². The summed E-state index contributed by atoms with van der Waals surface area (Å²) in [6.45, 7) is 14.7. The van der Waals surface area contributed by atoms with Crippen LogP contribution in [0.25, 0.3) is 0 Å². The molecule has 0 spiro atoms. The van der Waals surface area contributed by atoms with E-state index in [1.54, 1.807) is 0 Å². The van der Waals surface area contributed by atoms with Crippen LogP contribution >= 0.6 is 0 Å². The molecule has 4 rings (SSSR count). The van der Waals surface area contributed by atoms with Gasteiger partial charge in [0.25, 0.3) is 0 Å². The van der Waals surface area contributed by atoms with Gasteiger partial charge in [-0.2, -0.15) is 0 Å². The van der Waals surface area contributed by atoms with E-state index in [4.69, 9.17) is 0 Å². The molecule has 0 aromatic heterocycles. The predicted molar refractivity (Wildman–Crippen MR) is 127 cm³/mol. The van der Waals surface area contributed by atoms with Crippen LogP contribution in [0.15, 0.2) is 23.8 Å². The molecule has 1 nitrogen and oxygen atoms in total. The molecule has 4 aliphatic carbocycles. The van der Waals surface area contributed by atoms with Crippen LogP contribution < -0.4 is 0 Å². The van der Waals surface area contributed by atoms with E-state index in [0.717, 1.165) is 48.3 Å². The molecule has 3 saturated carbocycles. The summed E-state index contributed by atoms with van der Waals surface area (Å²) in [7, 11) is 0. The molecule has 0 N–H and O–H groups in total. The van der Waals surface area contributed by atoms with E-state index in [0.29, 0.717) is 22.5 Å². The zero-order valence-electron chi connectivity index (χ0n) is 20.5. The highest BCUT2D eigenvalue weighted by Gasteiger charge is 2.59. The zero-order valence-corrected chi connectivity index (χ0v) is 20.5. The quantitative estimate of drug-likeness (QED) is 0.419.